The molecule has 2 heterocycles. The van der Waals surface area contributed by atoms with Crippen LogP contribution in [0, 0.1) is 0 Å². The number of hydrogen-bond donors (Lipinski definition) is 2. The van der Waals surface area contributed by atoms with Crippen LogP contribution >= 0.6 is 23.5 Å². The molecule has 0 saturated heterocycles. The van der Waals surface area contributed by atoms with Crippen LogP contribution in [0.1, 0.15) is 12.1 Å². The minimum absolute atomic E-state index is 0.388. The monoisotopic (exact) mass is 385 g/mol. The van der Waals surface area contributed by atoms with Crippen molar-refractivity contribution < 1.29 is 33.0 Å². The highest BCUT2D eigenvalue weighted by Crippen LogP contribution is 2.32. The molecule has 1 aliphatic rings. The van der Waals surface area contributed by atoms with Crippen LogP contribution in [0.2, 0.25) is 0 Å². The van der Waals surface area contributed by atoms with E-state index in [1.165, 1.54) is 0 Å². The van der Waals surface area contributed by atoms with Crippen molar-refractivity contribution in [1.82, 2.24) is 13.6 Å². The van der Waals surface area contributed by atoms with Crippen molar-refractivity contribution in [2.75, 3.05) is 25.9 Å². The summed E-state index contributed by atoms with van der Waals surface area (Å²) in [7, 11) is 1.98. The number of hydrogen-bond acceptors (Lipinski definition) is 7. The van der Waals surface area contributed by atoms with E-state index in [1.54, 1.807) is 0 Å². The van der Waals surface area contributed by atoms with Gasteiger partial charge in [-0.25, -0.2) is 9.59 Å². The molecule has 0 spiro atoms. The molecule has 12 heteroatoms. The number of nitrogens with zero attached hydrogens (tertiary/aromatic N) is 3. The van der Waals surface area contributed by atoms with Gasteiger partial charge in [0.1, 0.15) is 10.7 Å². The Kier molecular flexibility index (Phi) is 7.63. The summed E-state index contributed by atoms with van der Waals surface area (Å²) < 4.78 is 44.7. The van der Waals surface area contributed by atoms with Gasteiger partial charge in [0.05, 0.1) is 17.5 Å². The number of aliphatic carboxylic acids is 2. The summed E-state index contributed by atoms with van der Waals surface area (Å²) in [6.45, 7) is 1.68. The zero-order valence-electron chi connectivity index (χ0n) is 12.4. The summed E-state index contributed by atoms with van der Waals surface area (Å²) >= 11 is 1.67. The fraction of sp³-hybridized carbons (Fsp3) is 0.500. The Labute approximate surface area is 143 Å². The standard InChI is InChI=1S/C10H12F3N3S2.C2H2O4/c1-16-4-2-3-7(5-16)8-9(15-18-14-8)17-6-10(11,12)13;3-1(4)2(5)6/h3H,2,4-6H2,1H3;(H,3,4)(H,5,6). The molecule has 0 fully saturated rings. The second-order valence-corrected chi connectivity index (χ2v) is 6.18. The summed E-state index contributed by atoms with van der Waals surface area (Å²) in [5.41, 5.74) is 1.59. The van der Waals surface area contributed by atoms with E-state index < -0.39 is 23.9 Å². The van der Waals surface area contributed by atoms with Crippen molar-refractivity contribution in [3.05, 3.63) is 11.8 Å². The lowest BCUT2D eigenvalue weighted by atomic mass is 10.1. The van der Waals surface area contributed by atoms with Gasteiger partial charge in [0.15, 0.2) is 0 Å². The number of alkyl halides is 3. The predicted molar refractivity (Wildman–Crippen MR) is 82.1 cm³/mol. The summed E-state index contributed by atoms with van der Waals surface area (Å²) in [5, 5.41) is 15.2. The Hall–Kier alpha value is -1.66. The van der Waals surface area contributed by atoms with Crippen LogP contribution in [-0.4, -0.2) is 67.9 Å². The van der Waals surface area contributed by atoms with E-state index in [9.17, 15) is 13.2 Å². The summed E-state index contributed by atoms with van der Waals surface area (Å²) in [6, 6.07) is 0. The highest BCUT2D eigenvalue weighted by Gasteiger charge is 2.29. The van der Waals surface area contributed by atoms with Crippen molar-refractivity contribution >= 4 is 41.0 Å². The maximum Gasteiger partial charge on any atom is 0.414 e. The molecule has 0 atom stereocenters. The molecule has 1 aliphatic heterocycles. The highest BCUT2D eigenvalue weighted by atomic mass is 32.2. The van der Waals surface area contributed by atoms with Crippen molar-refractivity contribution in [3.63, 3.8) is 0 Å². The van der Waals surface area contributed by atoms with Gasteiger partial charge < -0.3 is 15.1 Å². The zero-order valence-corrected chi connectivity index (χ0v) is 14.0. The van der Waals surface area contributed by atoms with Crippen LogP contribution in [0.15, 0.2) is 11.1 Å². The van der Waals surface area contributed by atoms with E-state index in [0.29, 0.717) is 29.0 Å². The maximum absolute atomic E-state index is 12.2. The van der Waals surface area contributed by atoms with Gasteiger partial charge in [-0.3, -0.25) is 0 Å². The molecule has 0 unspecified atom stereocenters. The largest absolute Gasteiger partial charge is 0.473 e. The van der Waals surface area contributed by atoms with Crippen molar-refractivity contribution in [2.45, 2.75) is 17.6 Å². The van der Waals surface area contributed by atoms with Gasteiger partial charge in [0.25, 0.3) is 0 Å². The number of carbonyl (C=O) groups is 2. The quantitative estimate of drug-likeness (QED) is 0.602. The van der Waals surface area contributed by atoms with E-state index in [4.69, 9.17) is 19.8 Å². The normalized spacial score (nSPS) is 15.2. The molecule has 0 aromatic carbocycles. The molecule has 1 aromatic rings. The molecule has 0 aliphatic carbocycles. The van der Waals surface area contributed by atoms with Crippen LogP contribution in [0.4, 0.5) is 13.2 Å². The van der Waals surface area contributed by atoms with E-state index >= 15 is 0 Å². The first-order chi connectivity index (χ1) is 11.1. The molecule has 134 valence electrons. The molecule has 24 heavy (non-hydrogen) atoms. The summed E-state index contributed by atoms with van der Waals surface area (Å²) in [4.78, 5) is 20.3. The van der Waals surface area contributed by atoms with Crippen LogP contribution in [0.25, 0.3) is 5.57 Å². The van der Waals surface area contributed by atoms with Gasteiger partial charge in [0, 0.05) is 13.1 Å². The Morgan fingerprint density at radius 3 is 2.46 bits per heavy atom. The highest BCUT2D eigenvalue weighted by molar-refractivity contribution is 7.99. The Morgan fingerprint density at radius 2 is 1.96 bits per heavy atom. The fourth-order valence-corrected chi connectivity index (χ4v) is 3.16. The Balaban J connectivity index is 0.000000413. The summed E-state index contributed by atoms with van der Waals surface area (Å²) in [6.07, 6.45) is -1.25. The van der Waals surface area contributed by atoms with E-state index in [1.807, 2.05) is 13.1 Å². The van der Waals surface area contributed by atoms with Crippen LogP contribution in [0.5, 0.6) is 0 Å². The minimum Gasteiger partial charge on any atom is -0.473 e. The fourth-order valence-electron chi connectivity index (χ4n) is 1.69. The van der Waals surface area contributed by atoms with Crippen molar-refractivity contribution in [2.24, 2.45) is 0 Å². The second-order valence-electron chi connectivity index (χ2n) is 4.69. The molecule has 0 radical (unpaired) electrons. The first-order valence-corrected chi connectivity index (χ1v) is 8.18. The molecule has 0 amide bonds. The Bertz CT molecular complexity index is 607. The smallest absolute Gasteiger partial charge is 0.414 e. The number of carboxylic acids is 2. The third-order valence-electron chi connectivity index (χ3n) is 2.66. The van der Waals surface area contributed by atoms with E-state index in [-0.39, 0.29) is 0 Å². The molecule has 2 N–H and O–H groups in total. The lowest BCUT2D eigenvalue weighted by molar-refractivity contribution is -0.159. The molecule has 2 rings (SSSR count). The van der Waals surface area contributed by atoms with Gasteiger partial charge in [-0.2, -0.15) is 21.9 Å². The van der Waals surface area contributed by atoms with Crippen molar-refractivity contribution in [1.29, 1.82) is 0 Å². The van der Waals surface area contributed by atoms with E-state index in [0.717, 1.165) is 30.3 Å². The average molecular weight is 385 g/mol. The zero-order chi connectivity index (χ0) is 18.3. The van der Waals surface area contributed by atoms with Gasteiger partial charge in [-0.05, 0) is 19.0 Å². The predicted octanol–water partition coefficient (Wildman–Crippen LogP) is 2.07. The molecular formula is C12H14F3N3O4S2. The third kappa shape index (κ3) is 7.27. The van der Waals surface area contributed by atoms with Crippen LogP contribution in [0.3, 0.4) is 0 Å². The number of thioether (sulfide) groups is 1. The number of rotatable bonds is 3. The van der Waals surface area contributed by atoms with Crippen LogP contribution in [-0.2, 0) is 9.59 Å². The summed E-state index contributed by atoms with van der Waals surface area (Å²) in [5.74, 6) is -4.57. The number of halogens is 3. The van der Waals surface area contributed by atoms with Gasteiger partial charge >= 0.3 is 18.1 Å². The number of carboxylic acid groups (broad SMARTS) is 2. The van der Waals surface area contributed by atoms with Gasteiger partial charge in [0.2, 0.25) is 0 Å². The molecule has 7 nitrogen and oxygen atoms in total. The van der Waals surface area contributed by atoms with Gasteiger partial charge in [-0.15, -0.1) is 0 Å². The first-order valence-electron chi connectivity index (χ1n) is 6.46. The number of aromatic nitrogens is 2. The first kappa shape index (κ1) is 20.4. The van der Waals surface area contributed by atoms with E-state index in [2.05, 4.69) is 13.6 Å². The van der Waals surface area contributed by atoms with Crippen LogP contribution < -0.4 is 0 Å². The molecular weight excluding hydrogens is 371 g/mol. The molecule has 1 aromatic heterocycles. The van der Waals surface area contributed by atoms with Gasteiger partial charge in [-0.1, -0.05) is 17.8 Å². The second kappa shape index (κ2) is 8.99. The van der Waals surface area contributed by atoms with Crippen molar-refractivity contribution in [3.8, 4) is 0 Å². The minimum atomic E-state index is -4.18. The average Bonchev–Trinajstić information content (AvgIpc) is 2.93. The molecule has 0 bridgehead atoms. The maximum atomic E-state index is 12.2. The lowest BCUT2D eigenvalue weighted by Gasteiger charge is -2.22. The third-order valence-corrected chi connectivity index (χ3v) is 4.33. The topological polar surface area (TPSA) is 104 Å². The number of likely N-dealkylation sites (N-methyl/N-ethyl adjacent to an activating group) is 1. The SMILES string of the molecule is CN1CCC=C(c2nsnc2SCC(F)(F)F)C1.O=C(O)C(=O)O. The molecule has 0 saturated carbocycles. The lowest BCUT2D eigenvalue weighted by Crippen LogP contribution is -2.25. The Morgan fingerprint density at radius 1 is 1.33 bits per heavy atom.